The van der Waals surface area contributed by atoms with Crippen molar-refractivity contribution >= 4 is 5.91 Å². The second kappa shape index (κ2) is 8.02. The summed E-state index contributed by atoms with van der Waals surface area (Å²) in [4.78, 5) is 11.7. The molecule has 0 fully saturated rings. The summed E-state index contributed by atoms with van der Waals surface area (Å²) in [5.41, 5.74) is 6.44. The zero-order chi connectivity index (χ0) is 15.0. The minimum atomic E-state index is -0.713. The fourth-order valence-electron chi connectivity index (χ4n) is 1.71. The Bertz CT molecular complexity index is 497. The van der Waals surface area contributed by atoms with E-state index in [-0.39, 0.29) is 23.8 Å². The molecule has 0 radical (unpaired) electrons. The second-order valence-electron chi connectivity index (χ2n) is 4.54. The lowest BCUT2D eigenvalue weighted by Crippen LogP contribution is -2.42. The van der Waals surface area contributed by atoms with E-state index in [0.717, 1.165) is 12.8 Å². The van der Waals surface area contributed by atoms with Crippen molar-refractivity contribution in [1.82, 2.24) is 5.32 Å². The number of nitrogens with zero attached hydrogens (tertiary/aromatic N) is 1. The van der Waals surface area contributed by atoms with Crippen LogP contribution in [0.2, 0.25) is 0 Å². The molecule has 0 aliphatic rings. The van der Waals surface area contributed by atoms with Gasteiger partial charge in [-0.15, -0.1) is 0 Å². The maximum atomic E-state index is 11.7. The lowest BCUT2D eigenvalue weighted by atomic mass is 10.1. The summed E-state index contributed by atoms with van der Waals surface area (Å²) < 4.78 is 0. The first-order valence-corrected chi connectivity index (χ1v) is 6.45. The highest BCUT2D eigenvalue weighted by Crippen LogP contribution is 2.25. The largest absolute Gasteiger partial charge is 0.504 e. The lowest BCUT2D eigenvalue weighted by Gasteiger charge is -2.12. The van der Waals surface area contributed by atoms with Gasteiger partial charge in [-0.05, 0) is 37.0 Å². The summed E-state index contributed by atoms with van der Waals surface area (Å²) in [6.45, 7) is 0.495. The number of carbonyl (C=O) groups is 1. The Hall–Kier alpha value is -2.26. The summed E-state index contributed by atoms with van der Waals surface area (Å²) in [6, 6.07) is 5.68. The van der Waals surface area contributed by atoms with Gasteiger partial charge >= 0.3 is 0 Å². The Morgan fingerprint density at radius 2 is 2.10 bits per heavy atom. The van der Waals surface area contributed by atoms with Gasteiger partial charge in [0.05, 0.1) is 12.1 Å². The van der Waals surface area contributed by atoms with Gasteiger partial charge < -0.3 is 21.3 Å². The number of carbonyl (C=O) groups excluding carboxylic acids is 1. The Balaban J connectivity index is 2.37. The van der Waals surface area contributed by atoms with Crippen LogP contribution in [0.15, 0.2) is 18.2 Å². The zero-order valence-electron chi connectivity index (χ0n) is 11.2. The highest BCUT2D eigenvalue weighted by Gasteiger charge is 2.14. The quantitative estimate of drug-likeness (QED) is 0.433. The molecule has 1 amide bonds. The lowest BCUT2D eigenvalue weighted by molar-refractivity contribution is -0.122. The van der Waals surface area contributed by atoms with Crippen molar-refractivity contribution in [3.63, 3.8) is 0 Å². The second-order valence-corrected chi connectivity index (χ2v) is 4.54. The van der Waals surface area contributed by atoms with Gasteiger partial charge in [0.2, 0.25) is 5.91 Å². The molecular weight excluding hydrogens is 258 g/mol. The monoisotopic (exact) mass is 277 g/mol. The molecule has 0 aliphatic carbocycles. The summed E-state index contributed by atoms with van der Waals surface area (Å²) in [5, 5.41) is 29.6. The van der Waals surface area contributed by atoms with E-state index in [2.05, 4.69) is 5.32 Å². The molecule has 1 atom stereocenters. The normalized spacial score (nSPS) is 11.6. The summed E-state index contributed by atoms with van der Waals surface area (Å²) in [7, 11) is 0. The molecule has 0 saturated carbocycles. The predicted octanol–water partition coefficient (Wildman–Crippen LogP) is 0.778. The number of benzene rings is 1. The molecule has 5 N–H and O–H groups in total. The van der Waals surface area contributed by atoms with Gasteiger partial charge in [-0.2, -0.15) is 5.26 Å². The van der Waals surface area contributed by atoms with Crippen molar-refractivity contribution in [2.75, 3.05) is 6.54 Å². The zero-order valence-corrected chi connectivity index (χ0v) is 11.2. The molecule has 0 aliphatic heterocycles. The van der Waals surface area contributed by atoms with Crippen LogP contribution in [0, 0.1) is 11.3 Å². The van der Waals surface area contributed by atoms with Gasteiger partial charge in [0, 0.05) is 13.0 Å². The van der Waals surface area contributed by atoms with Gasteiger partial charge in [-0.1, -0.05) is 6.07 Å². The molecule has 20 heavy (non-hydrogen) atoms. The molecule has 0 saturated heterocycles. The molecule has 1 aromatic carbocycles. The molecule has 0 unspecified atom stereocenters. The number of nitrogens with one attached hydrogen (secondary N) is 1. The van der Waals surface area contributed by atoms with Crippen LogP contribution >= 0.6 is 0 Å². The Kier molecular flexibility index (Phi) is 6.33. The topological polar surface area (TPSA) is 119 Å². The van der Waals surface area contributed by atoms with Gasteiger partial charge in [0.15, 0.2) is 11.5 Å². The predicted molar refractivity (Wildman–Crippen MR) is 73.9 cm³/mol. The number of unbranched alkanes of at least 4 members (excludes halogenated alkanes) is 2. The highest BCUT2D eigenvalue weighted by atomic mass is 16.3. The molecule has 0 aromatic heterocycles. The van der Waals surface area contributed by atoms with Crippen molar-refractivity contribution in [2.24, 2.45) is 5.73 Å². The van der Waals surface area contributed by atoms with Crippen LogP contribution in [-0.2, 0) is 11.2 Å². The number of rotatable bonds is 7. The van der Waals surface area contributed by atoms with Crippen molar-refractivity contribution in [2.45, 2.75) is 31.7 Å². The van der Waals surface area contributed by atoms with Crippen molar-refractivity contribution in [1.29, 1.82) is 5.26 Å². The third kappa shape index (κ3) is 5.16. The molecule has 0 heterocycles. The van der Waals surface area contributed by atoms with Crippen LogP contribution in [0.25, 0.3) is 0 Å². The smallest absolute Gasteiger partial charge is 0.237 e. The number of nitrogens with two attached hydrogens (primary N) is 1. The van der Waals surface area contributed by atoms with Crippen LogP contribution in [0.1, 0.15) is 24.8 Å². The van der Waals surface area contributed by atoms with Crippen molar-refractivity contribution in [3.8, 4) is 17.6 Å². The van der Waals surface area contributed by atoms with Crippen LogP contribution in [0.5, 0.6) is 11.5 Å². The molecule has 108 valence electrons. The molecule has 0 bridgehead atoms. The van der Waals surface area contributed by atoms with Crippen LogP contribution in [0.4, 0.5) is 0 Å². The van der Waals surface area contributed by atoms with E-state index in [4.69, 9.17) is 11.0 Å². The molecule has 1 aromatic rings. The maximum Gasteiger partial charge on any atom is 0.237 e. The third-order valence-corrected chi connectivity index (χ3v) is 2.85. The number of aromatic hydroxyl groups is 2. The van der Waals surface area contributed by atoms with E-state index < -0.39 is 6.04 Å². The number of phenols is 2. The van der Waals surface area contributed by atoms with Gasteiger partial charge in [0.1, 0.15) is 0 Å². The van der Waals surface area contributed by atoms with Crippen LogP contribution in [0.3, 0.4) is 0 Å². The third-order valence-electron chi connectivity index (χ3n) is 2.85. The number of phenolic OH excluding ortho intramolecular Hbond substituents is 2. The average Bonchev–Trinajstić information content (AvgIpc) is 2.42. The van der Waals surface area contributed by atoms with E-state index in [0.29, 0.717) is 18.5 Å². The van der Waals surface area contributed by atoms with Crippen molar-refractivity contribution in [3.05, 3.63) is 23.8 Å². The van der Waals surface area contributed by atoms with Crippen molar-refractivity contribution < 1.29 is 15.0 Å². The molecule has 1 rings (SSSR count). The molecule has 0 spiro atoms. The first-order chi connectivity index (χ1) is 9.54. The van der Waals surface area contributed by atoms with Gasteiger partial charge in [0.25, 0.3) is 0 Å². The van der Waals surface area contributed by atoms with E-state index in [1.807, 2.05) is 6.07 Å². The minimum absolute atomic E-state index is 0.204. The molecule has 6 heteroatoms. The maximum absolute atomic E-state index is 11.7. The Morgan fingerprint density at radius 1 is 1.35 bits per heavy atom. The first kappa shape index (κ1) is 15.8. The minimum Gasteiger partial charge on any atom is -0.504 e. The summed E-state index contributed by atoms with van der Waals surface area (Å²) >= 11 is 0. The SMILES string of the molecule is N#CCCCCNC(=O)[C@@H](N)Cc1ccc(O)c(O)c1. The number of hydrogen-bond donors (Lipinski definition) is 4. The summed E-state index contributed by atoms with van der Waals surface area (Å²) in [6.07, 6.45) is 2.25. The summed E-state index contributed by atoms with van der Waals surface area (Å²) in [5.74, 6) is -0.703. The Morgan fingerprint density at radius 3 is 2.75 bits per heavy atom. The molecule has 6 nitrogen and oxygen atoms in total. The first-order valence-electron chi connectivity index (χ1n) is 6.45. The highest BCUT2D eigenvalue weighted by molar-refractivity contribution is 5.81. The fourth-order valence-corrected chi connectivity index (χ4v) is 1.71. The molecular formula is C14H19N3O3. The van der Waals surface area contributed by atoms with E-state index in [1.54, 1.807) is 6.07 Å². The standard InChI is InChI=1S/C14H19N3O3/c15-6-2-1-3-7-17-14(20)11(16)8-10-4-5-12(18)13(19)9-10/h4-5,9,11,18-19H,1-3,7-8,16H2,(H,17,20)/t11-/m0/s1. The Labute approximate surface area is 117 Å². The fraction of sp³-hybridized carbons (Fsp3) is 0.429. The van der Waals surface area contributed by atoms with Gasteiger partial charge in [-0.3, -0.25) is 4.79 Å². The van der Waals surface area contributed by atoms with Gasteiger partial charge in [-0.25, -0.2) is 0 Å². The van der Waals surface area contributed by atoms with Crippen LogP contribution < -0.4 is 11.1 Å². The van der Waals surface area contributed by atoms with Crippen LogP contribution in [-0.4, -0.2) is 28.7 Å². The van der Waals surface area contributed by atoms with E-state index in [9.17, 15) is 15.0 Å². The van der Waals surface area contributed by atoms with E-state index in [1.165, 1.54) is 12.1 Å². The average molecular weight is 277 g/mol. The number of nitriles is 1. The number of amides is 1. The van der Waals surface area contributed by atoms with E-state index >= 15 is 0 Å². The number of hydrogen-bond acceptors (Lipinski definition) is 5.